The van der Waals surface area contributed by atoms with Crippen molar-refractivity contribution < 1.29 is 28.7 Å². The van der Waals surface area contributed by atoms with Crippen LogP contribution in [0.3, 0.4) is 0 Å². The van der Waals surface area contributed by atoms with Crippen molar-refractivity contribution in [3.05, 3.63) is 11.6 Å². The third-order valence-corrected chi connectivity index (χ3v) is 9.86. The van der Waals surface area contributed by atoms with Gasteiger partial charge in [0.2, 0.25) is 0 Å². The molecule has 31 heavy (non-hydrogen) atoms. The summed E-state index contributed by atoms with van der Waals surface area (Å²) in [6, 6.07) is 3.10. The van der Waals surface area contributed by atoms with Gasteiger partial charge >= 0.3 is 11.9 Å². The molecule has 0 aromatic carbocycles. The Morgan fingerprint density at radius 2 is 1.29 bits per heavy atom. The van der Waals surface area contributed by atoms with Gasteiger partial charge in [-0.3, -0.25) is 4.79 Å². The fraction of sp³-hybridized carbons (Fsp3) is 0.792. The number of unbranched alkanes of at least 4 members (excludes halogenated alkanes) is 4. The largest absolute Gasteiger partial charge is 0.519 e. The zero-order chi connectivity index (χ0) is 23.5. The average molecular weight is 457 g/mol. The minimum atomic E-state index is -2.09. The molecule has 0 heterocycles. The summed E-state index contributed by atoms with van der Waals surface area (Å²) in [6.07, 6.45) is 10.1. The third kappa shape index (κ3) is 14.1. The van der Waals surface area contributed by atoms with Crippen molar-refractivity contribution in [1.29, 1.82) is 0 Å². The second-order valence-electron chi connectivity index (χ2n) is 8.32. The molecule has 0 spiro atoms. The molecule has 180 valence electrons. The molecule has 0 atom stereocenters. The monoisotopic (exact) mass is 456 g/mol. The summed E-state index contributed by atoms with van der Waals surface area (Å²) in [5.74, 6) is -1.95. The fourth-order valence-electron chi connectivity index (χ4n) is 3.54. The van der Waals surface area contributed by atoms with Gasteiger partial charge in [0.15, 0.2) is 0 Å². The maximum Gasteiger partial charge on any atom is 0.334 e. The normalized spacial score (nSPS) is 11.9. The number of carboxylic acids is 1. The van der Waals surface area contributed by atoms with Crippen molar-refractivity contribution in [2.45, 2.75) is 116 Å². The van der Waals surface area contributed by atoms with Crippen molar-refractivity contribution in [2.75, 3.05) is 6.61 Å². The molecule has 7 heteroatoms. The van der Waals surface area contributed by atoms with Crippen molar-refractivity contribution in [1.82, 2.24) is 0 Å². The van der Waals surface area contributed by atoms with Gasteiger partial charge in [0.1, 0.15) is 0 Å². The van der Waals surface area contributed by atoms with Crippen LogP contribution in [-0.2, 0) is 23.5 Å². The quantitative estimate of drug-likeness (QED) is 0.105. The van der Waals surface area contributed by atoms with Crippen molar-refractivity contribution in [2.24, 2.45) is 0 Å². The molecule has 6 nitrogen and oxygen atoms in total. The van der Waals surface area contributed by atoms with Crippen molar-refractivity contribution >= 4 is 26.2 Å². The molecular formula is C24H44O6Si. The average Bonchev–Trinajstić information content (AvgIpc) is 2.74. The Bertz CT molecular complexity index is 536. The molecule has 0 aliphatic heterocycles. The molecular weight excluding hydrogens is 412 g/mol. The van der Waals surface area contributed by atoms with Crippen LogP contribution in [0.1, 0.15) is 98.3 Å². The number of hydrogen-bond acceptors (Lipinski definition) is 5. The Morgan fingerprint density at radius 3 is 1.74 bits per heavy atom. The summed E-state index contributed by atoms with van der Waals surface area (Å²) in [7, 11) is -2.09. The predicted molar refractivity (Wildman–Crippen MR) is 126 cm³/mol. The van der Waals surface area contributed by atoms with Gasteiger partial charge in [0, 0.05) is 18.1 Å². The maximum atomic E-state index is 12.6. The first-order valence-corrected chi connectivity index (χ1v) is 14.7. The number of rotatable bonds is 19. The molecule has 0 unspecified atom stereocenters. The minimum absolute atomic E-state index is 0.0878. The van der Waals surface area contributed by atoms with E-state index in [-0.39, 0.29) is 24.6 Å². The van der Waals surface area contributed by atoms with E-state index in [0.29, 0.717) is 12.8 Å². The summed E-state index contributed by atoms with van der Waals surface area (Å²) in [4.78, 5) is 35.7. The van der Waals surface area contributed by atoms with Crippen molar-refractivity contribution in [3.63, 3.8) is 0 Å². The molecule has 0 rings (SSSR count). The van der Waals surface area contributed by atoms with Crippen LogP contribution in [0.25, 0.3) is 0 Å². The SMILES string of the molecule is CCCC/C(=C\C(=O)O)C(=O)OCCCC(=O)O[Si](CCCC)(CCCC)CCCC. The molecule has 0 fully saturated rings. The maximum absolute atomic E-state index is 12.6. The molecule has 1 N–H and O–H groups in total. The van der Waals surface area contributed by atoms with Crippen LogP contribution in [0, 0.1) is 0 Å². The Hall–Kier alpha value is -1.63. The van der Waals surface area contributed by atoms with Gasteiger partial charge < -0.3 is 14.3 Å². The Kier molecular flexibility index (Phi) is 17.0. The Morgan fingerprint density at radius 1 is 0.774 bits per heavy atom. The number of esters is 1. The van der Waals surface area contributed by atoms with E-state index in [1.807, 2.05) is 6.92 Å². The zero-order valence-corrected chi connectivity index (χ0v) is 21.2. The highest BCUT2D eigenvalue weighted by Crippen LogP contribution is 2.30. The number of hydrogen-bond donors (Lipinski definition) is 1. The van der Waals surface area contributed by atoms with Gasteiger partial charge in [-0.05, 0) is 37.4 Å². The first-order valence-electron chi connectivity index (χ1n) is 12.2. The lowest BCUT2D eigenvalue weighted by molar-refractivity contribution is -0.142. The van der Waals surface area contributed by atoms with Crippen molar-refractivity contribution in [3.8, 4) is 0 Å². The van der Waals surface area contributed by atoms with Gasteiger partial charge in [-0.25, -0.2) is 9.59 Å². The van der Waals surface area contributed by atoms with Gasteiger partial charge in [-0.2, -0.15) is 0 Å². The summed E-state index contributed by atoms with van der Waals surface area (Å²) in [6.45, 7) is 8.57. The first kappa shape index (κ1) is 29.4. The number of carbonyl (C=O) groups is 3. The van der Waals surface area contributed by atoms with Gasteiger partial charge in [0.05, 0.1) is 6.61 Å². The highest BCUT2D eigenvalue weighted by Gasteiger charge is 2.36. The number of carboxylic acid groups (broad SMARTS) is 1. The van der Waals surface area contributed by atoms with Crippen LogP contribution in [0.4, 0.5) is 0 Å². The van der Waals surface area contributed by atoms with E-state index in [0.717, 1.165) is 75.6 Å². The molecule has 0 amide bonds. The Labute approximate surface area is 189 Å². The fourth-order valence-corrected chi connectivity index (χ4v) is 8.18. The smallest absolute Gasteiger partial charge is 0.334 e. The Balaban J connectivity index is 4.74. The van der Waals surface area contributed by atoms with E-state index in [2.05, 4.69) is 20.8 Å². The van der Waals surface area contributed by atoms with E-state index in [1.165, 1.54) is 0 Å². The summed E-state index contributed by atoms with van der Waals surface area (Å²) < 4.78 is 11.4. The van der Waals surface area contributed by atoms with Crippen LogP contribution < -0.4 is 0 Å². The lowest BCUT2D eigenvalue weighted by Crippen LogP contribution is -2.40. The molecule has 0 aromatic rings. The number of carbonyl (C=O) groups excluding carboxylic acids is 2. The number of aliphatic carboxylic acids is 1. The second kappa shape index (κ2) is 18.0. The topological polar surface area (TPSA) is 89.9 Å². The van der Waals surface area contributed by atoms with E-state index in [1.54, 1.807) is 0 Å². The van der Waals surface area contributed by atoms with E-state index in [4.69, 9.17) is 14.3 Å². The molecule has 0 saturated heterocycles. The second-order valence-corrected chi connectivity index (χ2v) is 12.4. The van der Waals surface area contributed by atoms with Crippen LogP contribution >= 0.6 is 0 Å². The highest BCUT2D eigenvalue weighted by atomic mass is 28.4. The molecule has 0 aromatic heterocycles. The first-order chi connectivity index (χ1) is 14.8. The summed E-state index contributed by atoms with van der Waals surface area (Å²) in [5.41, 5.74) is 0.169. The van der Waals surface area contributed by atoms with Crippen LogP contribution in [0.15, 0.2) is 11.6 Å². The zero-order valence-electron chi connectivity index (χ0n) is 20.2. The third-order valence-electron chi connectivity index (χ3n) is 5.41. The predicted octanol–water partition coefficient (Wildman–Crippen LogP) is 6.40. The standard InChI is InChI=1S/C24H44O6Si/c1-5-9-14-21(20-22(25)26)24(28)29-16-13-15-23(27)30-31(17-10-6-2,18-11-7-3)19-12-8-4/h20H,5-19H2,1-4H3,(H,25,26)/b21-20+. The molecule has 0 radical (unpaired) electrons. The molecule has 0 aliphatic carbocycles. The van der Waals surface area contributed by atoms with E-state index >= 15 is 0 Å². The molecule has 0 saturated carbocycles. The van der Waals surface area contributed by atoms with Gasteiger partial charge in [-0.1, -0.05) is 72.6 Å². The number of ether oxygens (including phenoxy) is 1. The van der Waals surface area contributed by atoms with E-state index in [9.17, 15) is 14.4 Å². The van der Waals surface area contributed by atoms with Gasteiger partial charge in [0.25, 0.3) is 14.3 Å². The lowest BCUT2D eigenvalue weighted by atomic mass is 10.1. The van der Waals surface area contributed by atoms with Gasteiger partial charge in [-0.15, -0.1) is 0 Å². The minimum Gasteiger partial charge on any atom is -0.519 e. The summed E-state index contributed by atoms with van der Waals surface area (Å²) in [5, 5.41) is 8.93. The van der Waals surface area contributed by atoms with Crippen LogP contribution in [0.5, 0.6) is 0 Å². The molecule has 0 bridgehead atoms. The van der Waals surface area contributed by atoms with Crippen LogP contribution in [0.2, 0.25) is 18.1 Å². The van der Waals surface area contributed by atoms with Crippen LogP contribution in [-0.4, -0.2) is 37.9 Å². The lowest BCUT2D eigenvalue weighted by Gasteiger charge is -2.31. The highest BCUT2D eigenvalue weighted by molar-refractivity contribution is 6.75. The van der Waals surface area contributed by atoms with E-state index < -0.39 is 20.3 Å². The molecule has 0 aliphatic rings. The summed E-state index contributed by atoms with van der Waals surface area (Å²) >= 11 is 0.